The summed E-state index contributed by atoms with van der Waals surface area (Å²) >= 11 is 0. The third-order valence-electron chi connectivity index (χ3n) is 9.72. The minimum atomic E-state index is -0.587. The molecule has 2 bridgehead atoms. The first-order chi connectivity index (χ1) is 13.8. The lowest BCUT2D eigenvalue weighted by Gasteiger charge is -2.62. The number of carbonyl (C=O) groups is 1. The molecule has 3 aliphatic carbocycles. The lowest BCUT2D eigenvalue weighted by molar-refractivity contribution is -0.311. The molecule has 6 atom stereocenters. The molecule has 162 valence electrons. The van der Waals surface area contributed by atoms with Crippen LogP contribution in [0.5, 0.6) is 0 Å². The Labute approximate surface area is 174 Å². The molecule has 3 fully saturated rings. The minimum absolute atomic E-state index is 0.0302. The molecule has 29 heavy (non-hydrogen) atoms. The summed E-state index contributed by atoms with van der Waals surface area (Å²) in [4.78, 5) is 14.8. The van der Waals surface area contributed by atoms with Crippen molar-refractivity contribution in [3.8, 4) is 0 Å². The van der Waals surface area contributed by atoms with Crippen molar-refractivity contribution in [1.29, 1.82) is 0 Å². The summed E-state index contributed by atoms with van der Waals surface area (Å²) in [6, 6.07) is 0. The summed E-state index contributed by atoms with van der Waals surface area (Å²) in [6.07, 6.45) is 7.36. The van der Waals surface area contributed by atoms with E-state index in [9.17, 15) is 9.90 Å². The molecule has 1 N–H and O–H groups in total. The fourth-order valence-electron chi connectivity index (χ4n) is 8.42. The lowest BCUT2D eigenvalue weighted by Crippen LogP contribution is -2.64. The van der Waals surface area contributed by atoms with E-state index >= 15 is 0 Å². The van der Waals surface area contributed by atoms with Gasteiger partial charge in [0.2, 0.25) is 0 Å². The van der Waals surface area contributed by atoms with Crippen LogP contribution < -0.4 is 0 Å². The molecule has 5 aliphatic rings. The van der Waals surface area contributed by atoms with Crippen molar-refractivity contribution < 1.29 is 19.4 Å². The molecule has 0 aromatic carbocycles. The molecule has 2 saturated heterocycles. The molecule has 0 aromatic heterocycles. The smallest absolute Gasteiger partial charge is 0.307 e. The van der Waals surface area contributed by atoms with Crippen molar-refractivity contribution in [2.75, 3.05) is 33.9 Å². The predicted octanol–water partition coefficient (Wildman–Crippen LogP) is 3.93. The average Bonchev–Trinajstić information content (AvgIpc) is 3.23. The van der Waals surface area contributed by atoms with E-state index in [0.717, 1.165) is 45.2 Å². The summed E-state index contributed by atoms with van der Waals surface area (Å²) in [5.41, 5.74) is 3.21. The van der Waals surface area contributed by atoms with Gasteiger partial charge >= 0.3 is 5.97 Å². The molecule has 2 aliphatic heterocycles. The highest BCUT2D eigenvalue weighted by Crippen LogP contribution is 2.72. The third kappa shape index (κ3) is 2.47. The number of carboxylic acids is 1. The maximum absolute atomic E-state index is 12.3. The molecular weight excluding hydrogens is 366 g/mol. The number of hydrogen-bond donors (Lipinski definition) is 1. The fraction of sp³-hybridized carbons (Fsp3) is 0.875. The Balaban J connectivity index is 1.62. The number of piperidine rings is 1. The lowest BCUT2D eigenvalue weighted by atomic mass is 9.50. The van der Waals surface area contributed by atoms with Gasteiger partial charge in [-0.25, -0.2) is 0 Å². The van der Waals surface area contributed by atoms with Gasteiger partial charge in [0, 0.05) is 43.4 Å². The first-order valence-electron chi connectivity index (χ1n) is 11.6. The van der Waals surface area contributed by atoms with Crippen LogP contribution in [0.2, 0.25) is 0 Å². The van der Waals surface area contributed by atoms with Crippen molar-refractivity contribution in [3.05, 3.63) is 11.1 Å². The highest BCUT2D eigenvalue weighted by atomic mass is 16.7. The zero-order valence-corrected chi connectivity index (χ0v) is 18.5. The largest absolute Gasteiger partial charge is 0.481 e. The van der Waals surface area contributed by atoms with Crippen molar-refractivity contribution in [1.82, 2.24) is 4.90 Å². The van der Waals surface area contributed by atoms with Crippen LogP contribution >= 0.6 is 0 Å². The van der Waals surface area contributed by atoms with Gasteiger partial charge in [-0.1, -0.05) is 25.0 Å². The van der Waals surface area contributed by atoms with Crippen molar-refractivity contribution >= 4 is 5.97 Å². The summed E-state index contributed by atoms with van der Waals surface area (Å²) < 4.78 is 12.6. The quantitative estimate of drug-likeness (QED) is 0.724. The van der Waals surface area contributed by atoms with Gasteiger partial charge in [-0.3, -0.25) is 4.79 Å². The Bertz CT molecular complexity index is 735. The zero-order valence-electron chi connectivity index (χ0n) is 18.5. The van der Waals surface area contributed by atoms with E-state index in [4.69, 9.17) is 9.47 Å². The Morgan fingerprint density at radius 1 is 1.28 bits per heavy atom. The van der Waals surface area contributed by atoms with E-state index in [2.05, 4.69) is 25.8 Å². The Morgan fingerprint density at radius 2 is 2.03 bits per heavy atom. The van der Waals surface area contributed by atoms with E-state index in [-0.39, 0.29) is 22.7 Å². The normalized spacial score (nSPS) is 47.0. The van der Waals surface area contributed by atoms with E-state index in [1.54, 1.807) is 18.3 Å². The SMILES string of the molecule is CO[C@@]1(C(C)C)CC[C@@]2(CO1)[C@H]1CCC3=C4[C@@H](CC3)[C@@H](C(=O)O)C[C@]42CN(C)C1. The number of aliphatic carboxylic acids is 1. The molecule has 1 saturated carbocycles. The summed E-state index contributed by atoms with van der Waals surface area (Å²) in [5, 5.41) is 10.1. The van der Waals surface area contributed by atoms with Crippen LogP contribution in [0.25, 0.3) is 0 Å². The maximum Gasteiger partial charge on any atom is 0.307 e. The van der Waals surface area contributed by atoms with Gasteiger partial charge in [0.25, 0.3) is 0 Å². The number of methoxy groups -OCH3 is 1. The van der Waals surface area contributed by atoms with Crippen LogP contribution in [0.3, 0.4) is 0 Å². The zero-order chi connectivity index (χ0) is 20.6. The van der Waals surface area contributed by atoms with Crippen LogP contribution in [-0.2, 0) is 14.3 Å². The molecule has 0 aromatic rings. The van der Waals surface area contributed by atoms with Gasteiger partial charge in [0.15, 0.2) is 5.79 Å². The number of ether oxygens (including phenoxy) is 2. The number of nitrogens with zero attached hydrogens (tertiary/aromatic N) is 1. The monoisotopic (exact) mass is 403 g/mol. The number of likely N-dealkylation sites (tertiary alicyclic amines) is 1. The molecular formula is C24H37NO4. The van der Waals surface area contributed by atoms with E-state index in [1.165, 1.54) is 12.8 Å². The van der Waals surface area contributed by atoms with Gasteiger partial charge in [0.1, 0.15) is 0 Å². The second-order valence-electron chi connectivity index (χ2n) is 10.9. The predicted molar refractivity (Wildman–Crippen MR) is 110 cm³/mol. The molecule has 0 unspecified atom stereocenters. The second kappa shape index (κ2) is 6.54. The third-order valence-corrected chi connectivity index (χ3v) is 9.72. The number of hydrogen-bond acceptors (Lipinski definition) is 4. The first-order valence-corrected chi connectivity index (χ1v) is 11.6. The highest BCUT2D eigenvalue weighted by molar-refractivity contribution is 5.73. The van der Waals surface area contributed by atoms with Crippen molar-refractivity contribution in [2.24, 2.45) is 34.5 Å². The Kier molecular flexibility index (Phi) is 4.52. The van der Waals surface area contributed by atoms with Gasteiger partial charge in [-0.05, 0) is 57.4 Å². The van der Waals surface area contributed by atoms with Crippen LogP contribution in [-0.4, -0.2) is 55.6 Å². The molecule has 2 spiro atoms. The van der Waals surface area contributed by atoms with E-state index in [0.29, 0.717) is 18.4 Å². The van der Waals surface area contributed by atoms with Gasteiger partial charge in [-0.15, -0.1) is 0 Å². The van der Waals surface area contributed by atoms with Crippen LogP contribution in [0.1, 0.15) is 58.8 Å². The number of allylic oxidation sites excluding steroid dienone is 1. The van der Waals surface area contributed by atoms with Gasteiger partial charge in [0.05, 0.1) is 12.5 Å². The fourth-order valence-corrected chi connectivity index (χ4v) is 8.42. The van der Waals surface area contributed by atoms with Gasteiger partial charge < -0.3 is 19.5 Å². The average molecular weight is 404 g/mol. The highest BCUT2D eigenvalue weighted by Gasteiger charge is 2.69. The molecule has 5 rings (SSSR count). The molecule has 0 amide bonds. The molecule has 5 heteroatoms. The standard InChI is InChI=1S/C24H37NO4/c1-15(2)24(28-4)10-9-22(14-29-24)17-7-5-16-6-8-18-19(21(26)27)11-23(22,20(16)18)13-25(3)12-17/h15,17-19H,5-14H2,1-4H3,(H,26,27)/t17-,18-,19-,22+,23-,24-/m0/s1. The summed E-state index contributed by atoms with van der Waals surface area (Å²) in [5.74, 6) is -0.170. The van der Waals surface area contributed by atoms with Crippen molar-refractivity contribution in [3.63, 3.8) is 0 Å². The van der Waals surface area contributed by atoms with Gasteiger partial charge in [-0.2, -0.15) is 0 Å². The summed E-state index contributed by atoms with van der Waals surface area (Å²) in [7, 11) is 4.02. The maximum atomic E-state index is 12.3. The number of carboxylic acid groups (broad SMARTS) is 1. The summed E-state index contributed by atoms with van der Waals surface area (Å²) in [6.45, 7) is 7.19. The van der Waals surface area contributed by atoms with Crippen LogP contribution in [0.4, 0.5) is 0 Å². The number of rotatable bonds is 3. The minimum Gasteiger partial charge on any atom is -0.481 e. The molecule has 5 nitrogen and oxygen atoms in total. The Morgan fingerprint density at radius 3 is 2.66 bits per heavy atom. The van der Waals surface area contributed by atoms with E-state index < -0.39 is 11.8 Å². The van der Waals surface area contributed by atoms with E-state index in [1.807, 2.05) is 0 Å². The van der Waals surface area contributed by atoms with Crippen LogP contribution in [0, 0.1) is 34.5 Å². The molecule has 0 radical (unpaired) electrons. The Hall–Kier alpha value is -0.910. The first kappa shape index (κ1) is 20.0. The topological polar surface area (TPSA) is 59.0 Å². The second-order valence-corrected chi connectivity index (χ2v) is 10.9. The van der Waals surface area contributed by atoms with Crippen molar-refractivity contribution in [2.45, 2.75) is 64.6 Å². The molecule has 2 heterocycles. The van der Waals surface area contributed by atoms with Crippen LogP contribution in [0.15, 0.2) is 11.1 Å².